The maximum absolute atomic E-state index is 11.9. The average molecular weight is 298 g/mol. The van der Waals surface area contributed by atoms with E-state index in [0.717, 1.165) is 0 Å². The number of aliphatic hydroxyl groups excluding tert-OH is 1. The maximum Gasteiger partial charge on any atom is 0.273 e. The van der Waals surface area contributed by atoms with Crippen molar-refractivity contribution < 1.29 is 9.90 Å². The number of nitrogens with zero attached hydrogens (tertiary/aromatic N) is 2. The molecule has 0 aliphatic rings. The minimum Gasteiger partial charge on any atom is -0.392 e. The summed E-state index contributed by atoms with van der Waals surface area (Å²) in [5.41, 5.74) is 0.0178. The Balaban J connectivity index is 3.01. The van der Waals surface area contributed by atoms with Gasteiger partial charge in [0.05, 0.1) is 21.2 Å². The summed E-state index contributed by atoms with van der Waals surface area (Å²) >= 11 is 17.4. The molecule has 1 atom stereocenters. The van der Waals surface area contributed by atoms with E-state index < -0.39 is 12.0 Å². The summed E-state index contributed by atoms with van der Waals surface area (Å²) in [5.74, 6) is -0.422. The molecule has 0 saturated heterocycles. The fourth-order valence-corrected chi connectivity index (χ4v) is 1.81. The van der Waals surface area contributed by atoms with Gasteiger partial charge in [0.2, 0.25) is 0 Å². The van der Waals surface area contributed by atoms with Crippen LogP contribution in [-0.2, 0) is 0 Å². The summed E-state index contributed by atoms with van der Waals surface area (Å²) in [6.45, 7) is 1.75. The maximum atomic E-state index is 11.9. The van der Waals surface area contributed by atoms with Crippen LogP contribution < -0.4 is 0 Å². The molecule has 0 radical (unpaired) electrons. The van der Waals surface area contributed by atoms with Crippen molar-refractivity contribution in [1.29, 1.82) is 0 Å². The molecule has 0 spiro atoms. The number of rotatable bonds is 3. The first-order valence-corrected chi connectivity index (χ1v) is 5.91. The number of carbonyl (C=O) groups excluding carboxylic acids is 1. The normalized spacial score (nSPS) is 12.4. The lowest BCUT2D eigenvalue weighted by molar-refractivity contribution is 0.0698. The number of carbonyl (C=O) groups is 1. The van der Waals surface area contributed by atoms with E-state index in [9.17, 15) is 9.90 Å². The lowest BCUT2D eigenvalue weighted by Gasteiger charge is -2.19. The standard InChI is InChI=1S/C10H11Cl3N2O2/c1-5(16)4-15(2)10(17)9-8(13)7(12)6(11)3-14-9/h3,5,16H,4H2,1-2H3. The first-order valence-electron chi connectivity index (χ1n) is 4.77. The van der Waals surface area contributed by atoms with E-state index in [2.05, 4.69) is 4.98 Å². The Morgan fingerprint density at radius 3 is 2.59 bits per heavy atom. The summed E-state index contributed by atoms with van der Waals surface area (Å²) in [6.07, 6.45) is 0.629. The number of pyridine rings is 1. The molecule has 4 nitrogen and oxygen atoms in total. The zero-order chi connectivity index (χ0) is 13.2. The molecule has 1 unspecified atom stereocenters. The van der Waals surface area contributed by atoms with Gasteiger partial charge in [-0.25, -0.2) is 4.98 Å². The molecule has 0 aliphatic heterocycles. The quantitative estimate of drug-likeness (QED) is 0.932. The number of aliphatic hydroxyl groups is 1. The third-order valence-electron chi connectivity index (χ3n) is 2.00. The topological polar surface area (TPSA) is 53.4 Å². The second kappa shape index (κ2) is 5.87. The molecular weight excluding hydrogens is 286 g/mol. The molecule has 7 heteroatoms. The minimum atomic E-state index is -0.634. The van der Waals surface area contributed by atoms with E-state index in [1.807, 2.05) is 0 Å². The molecule has 0 saturated carbocycles. The Kier molecular flexibility index (Phi) is 5.01. The van der Waals surface area contributed by atoms with Crippen LogP contribution >= 0.6 is 34.8 Å². The number of hydrogen-bond donors (Lipinski definition) is 1. The van der Waals surface area contributed by atoms with E-state index in [1.165, 1.54) is 18.1 Å². The number of likely N-dealkylation sites (N-methyl/N-ethyl adjacent to an activating group) is 1. The fourth-order valence-electron chi connectivity index (χ4n) is 1.25. The van der Waals surface area contributed by atoms with Gasteiger partial charge in [-0.2, -0.15) is 0 Å². The summed E-state index contributed by atoms with van der Waals surface area (Å²) in [6, 6.07) is 0. The van der Waals surface area contributed by atoms with E-state index >= 15 is 0 Å². The number of amides is 1. The van der Waals surface area contributed by atoms with E-state index in [-0.39, 0.29) is 27.3 Å². The Morgan fingerprint density at radius 1 is 1.47 bits per heavy atom. The molecule has 1 aromatic heterocycles. The summed E-state index contributed by atoms with van der Waals surface area (Å²) in [4.78, 5) is 17.1. The molecule has 1 rings (SSSR count). The van der Waals surface area contributed by atoms with Crippen molar-refractivity contribution in [3.63, 3.8) is 0 Å². The van der Waals surface area contributed by atoms with Crippen molar-refractivity contribution in [2.45, 2.75) is 13.0 Å². The SMILES string of the molecule is CC(O)CN(C)C(=O)c1ncc(Cl)c(Cl)c1Cl. The van der Waals surface area contributed by atoms with Gasteiger partial charge in [-0.05, 0) is 6.92 Å². The molecular formula is C10H11Cl3N2O2. The molecule has 1 aromatic rings. The molecule has 1 N–H and O–H groups in total. The van der Waals surface area contributed by atoms with Crippen molar-refractivity contribution in [3.05, 3.63) is 27.0 Å². The molecule has 0 bridgehead atoms. The predicted molar refractivity (Wildman–Crippen MR) is 67.9 cm³/mol. The Morgan fingerprint density at radius 2 is 2.06 bits per heavy atom. The average Bonchev–Trinajstić information content (AvgIpc) is 2.24. The van der Waals surface area contributed by atoms with Gasteiger partial charge in [-0.15, -0.1) is 0 Å². The second-order valence-corrected chi connectivity index (χ2v) is 4.78. The van der Waals surface area contributed by atoms with E-state index in [4.69, 9.17) is 34.8 Å². The van der Waals surface area contributed by atoms with Gasteiger partial charge in [0, 0.05) is 19.8 Å². The van der Waals surface area contributed by atoms with Gasteiger partial charge in [-0.1, -0.05) is 34.8 Å². The molecule has 94 valence electrons. The van der Waals surface area contributed by atoms with E-state index in [0.29, 0.717) is 0 Å². The lowest BCUT2D eigenvalue weighted by atomic mass is 10.3. The third-order valence-corrected chi connectivity index (χ3v) is 3.25. The van der Waals surface area contributed by atoms with Gasteiger partial charge >= 0.3 is 0 Å². The van der Waals surface area contributed by atoms with Crippen molar-refractivity contribution in [3.8, 4) is 0 Å². The summed E-state index contributed by atoms with van der Waals surface area (Å²) in [7, 11) is 1.54. The first kappa shape index (κ1) is 14.5. The smallest absolute Gasteiger partial charge is 0.273 e. The van der Waals surface area contributed by atoms with Crippen molar-refractivity contribution in [1.82, 2.24) is 9.88 Å². The van der Waals surface area contributed by atoms with Crippen LogP contribution in [0.15, 0.2) is 6.20 Å². The predicted octanol–water partition coefficient (Wildman–Crippen LogP) is 2.49. The molecule has 1 amide bonds. The molecule has 0 fully saturated rings. The van der Waals surface area contributed by atoms with Gasteiger partial charge in [0.15, 0.2) is 0 Å². The molecule has 17 heavy (non-hydrogen) atoms. The van der Waals surface area contributed by atoms with Gasteiger partial charge in [0.25, 0.3) is 5.91 Å². The van der Waals surface area contributed by atoms with Gasteiger partial charge in [0.1, 0.15) is 5.69 Å². The number of aromatic nitrogens is 1. The molecule has 0 aromatic carbocycles. The van der Waals surface area contributed by atoms with Crippen LogP contribution in [0, 0.1) is 0 Å². The van der Waals surface area contributed by atoms with Crippen molar-refractivity contribution >= 4 is 40.7 Å². The monoisotopic (exact) mass is 296 g/mol. The highest BCUT2D eigenvalue weighted by atomic mass is 35.5. The Labute approximate surface area is 114 Å². The highest BCUT2D eigenvalue weighted by Gasteiger charge is 2.20. The minimum absolute atomic E-state index is 0.0154. The van der Waals surface area contributed by atoms with Gasteiger partial charge in [-0.3, -0.25) is 4.79 Å². The van der Waals surface area contributed by atoms with Crippen LogP contribution in [0.25, 0.3) is 0 Å². The largest absolute Gasteiger partial charge is 0.392 e. The zero-order valence-electron chi connectivity index (χ0n) is 9.25. The molecule has 1 heterocycles. The van der Waals surface area contributed by atoms with Crippen LogP contribution in [0.4, 0.5) is 0 Å². The number of halogens is 3. The summed E-state index contributed by atoms with van der Waals surface area (Å²) < 4.78 is 0. The lowest BCUT2D eigenvalue weighted by Crippen LogP contribution is -2.33. The third kappa shape index (κ3) is 3.45. The van der Waals surface area contributed by atoms with Crippen LogP contribution in [0.1, 0.15) is 17.4 Å². The summed E-state index contributed by atoms with van der Waals surface area (Å²) in [5, 5.41) is 9.49. The molecule has 0 aliphatic carbocycles. The van der Waals surface area contributed by atoms with Crippen LogP contribution in [0.2, 0.25) is 15.1 Å². The highest BCUT2D eigenvalue weighted by molar-refractivity contribution is 6.48. The van der Waals surface area contributed by atoms with Crippen LogP contribution in [-0.4, -0.2) is 40.6 Å². The second-order valence-electron chi connectivity index (χ2n) is 3.62. The fraction of sp³-hybridized carbons (Fsp3) is 0.400. The van der Waals surface area contributed by atoms with E-state index in [1.54, 1.807) is 6.92 Å². The number of hydrogen-bond acceptors (Lipinski definition) is 3. The van der Waals surface area contributed by atoms with Crippen LogP contribution in [0.5, 0.6) is 0 Å². The van der Waals surface area contributed by atoms with Crippen molar-refractivity contribution in [2.24, 2.45) is 0 Å². The first-order chi connectivity index (χ1) is 7.84. The van der Waals surface area contributed by atoms with Gasteiger partial charge < -0.3 is 10.0 Å². The highest BCUT2D eigenvalue weighted by Crippen LogP contribution is 2.31. The van der Waals surface area contributed by atoms with Crippen molar-refractivity contribution in [2.75, 3.05) is 13.6 Å². The zero-order valence-corrected chi connectivity index (χ0v) is 11.5. The Bertz CT molecular complexity index is 438. The Hall–Kier alpha value is -0.550. The van der Waals surface area contributed by atoms with Crippen LogP contribution in [0.3, 0.4) is 0 Å².